The smallest absolute Gasteiger partial charge is 0.320 e. The highest BCUT2D eigenvalue weighted by Gasteiger charge is 2.49. The second-order valence-corrected chi connectivity index (χ2v) is 12.6. The van der Waals surface area contributed by atoms with Crippen molar-refractivity contribution in [2.45, 2.75) is 43.4 Å². The summed E-state index contributed by atoms with van der Waals surface area (Å²) in [7, 11) is 0. The fourth-order valence-corrected chi connectivity index (χ4v) is 7.61. The van der Waals surface area contributed by atoms with E-state index in [1.54, 1.807) is 11.0 Å². The number of rotatable bonds is 7. The second kappa shape index (κ2) is 12.1. The van der Waals surface area contributed by atoms with Crippen molar-refractivity contribution < 1.29 is 18.3 Å². The number of hydrogen-bond acceptors (Lipinski definition) is 8. The monoisotopic (exact) mass is 643 g/mol. The van der Waals surface area contributed by atoms with Crippen LogP contribution in [-0.2, 0) is 4.79 Å². The summed E-state index contributed by atoms with van der Waals surface area (Å²) in [6.45, 7) is 6.28. The molecule has 46 heavy (non-hydrogen) atoms. The molecule has 1 amide bonds. The number of fused-ring (bicyclic) bond motifs is 3. The number of halogens is 3. The molecule has 3 aliphatic rings. The molecule has 3 aliphatic heterocycles. The first kappa shape index (κ1) is 30.3. The molecule has 9 nitrogen and oxygen atoms in total. The van der Waals surface area contributed by atoms with Crippen molar-refractivity contribution in [2.24, 2.45) is 0 Å². The van der Waals surface area contributed by atoms with Gasteiger partial charge < -0.3 is 14.5 Å². The van der Waals surface area contributed by atoms with Gasteiger partial charge in [-0.1, -0.05) is 42.4 Å². The number of carbonyl (C=O) groups excluding carboxylic acids is 1. The van der Waals surface area contributed by atoms with Crippen LogP contribution in [0.2, 0.25) is 5.02 Å². The van der Waals surface area contributed by atoms with Crippen LogP contribution in [0.3, 0.4) is 0 Å². The lowest BCUT2D eigenvalue weighted by molar-refractivity contribution is -0.128. The molecule has 236 valence electrons. The Labute approximate surface area is 270 Å². The highest BCUT2D eigenvalue weighted by molar-refractivity contribution is 6.36. The Morgan fingerprint density at radius 2 is 2.02 bits per heavy atom. The number of carbonyl (C=O) groups is 1. The number of aromatic nitrogens is 3. The molecular formula is C34H32ClF2N7O2. The number of nitrogens with zero attached hydrogens (tertiary/aromatic N) is 7. The maximum atomic E-state index is 14.6. The Kier molecular flexibility index (Phi) is 7.95. The van der Waals surface area contributed by atoms with Crippen molar-refractivity contribution in [3.63, 3.8) is 0 Å². The minimum Gasteiger partial charge on any atom is -0.461 e. The molecule has 0 radical (unpaired) electrons. The molecule has 0 bridgehead atoms. The lowest BCUT2D eigenvalue weighted by atomic mass is 9.95. The summed E-state index contributed by atoms with van der Waals surface area (Å²) in [5.74, 6) is -0.187. The van der Waals surface area contributed by atoms with Gasteiger partial charge in [0.2, 0.25) is 5.91 Å². The van der Waals surface area contributed by atoms with Gasteiger partial charge in [-0.2, -0.15) is 15.2 Å². The van der Waals surface area contributed by atoms with Crippen molar-refractivity contribution in [3.05, 3.63) is 66.0 Å². The summed E-state index contributed by atoms with van der Waals surface area (Å²) in [5.41, 5.74) is 1.16. The predicted octanol–water partition coefficient (Wildman–Crippen LogP) is 5.71. The normalized spacial score (nSPS) is 23.1. The van der Waals surface area contributed by atoms with Crippen LogP contribution < -0.4 is 9.64 Å². The fraction of sp³-hybridized carbons (Fsp3) is 0.382. The van der Waals surface area contributed by atoms with E-state index in [9.17, 15) is 18.8 Å². The summed E-state index contributed by atoms with van der Waals surface area (Å²) in [5, 5.41) is 11.5. The fourth-order valence-electron chi connectivity index (χ4n) is 7.34. The molecule has 2 aromatic carbocycles. The van der Waals surface area contributed by atoms with E-state index in [0.717, 1.165) is 24.8 Å². The maximum absolute atomic E-state index is 14.6. The van der Waals surface area contributed by atoms with E-state index in [1.165, 1.54) is 12.1 Å². The second-order valence-electron chi connectivity index (χ2n) is 12.2. The number of piperazine rings is 1. The molecule has 12 heteroatoms. The number of pyridine rings is 1. The Balaban J connectivity index is 1.31. The van der Waals surface area contributed by atoms with Gasteiger partial charge in [0.1, 0.15) is 24.4 Å². The molecule has 0 N–H and O–H groups in total. The van der Waals surface area contributed by atoms with Gasteiger partial charge >= 0.3 is 6.01 Å². The Morgan fingerprint density at radius 1 is 1.15 bits per heavy atom. The Bertz CT molecular complexity index is 1900. The first-order valence-electron chi connectivity index (χ1n) is 15.4. The summed E-state index contributed by atoms with van der Waals surface area (Å²) in [6.07, 6.45) is 2.73. The Morgan fingerprint density at radius 3 is 2.85 bits per heavy atom. The first-order chi connectivity index (χ1) is 22.3. The van der Waals surface area contributed by atoms with E-state index in [-0.39, 0.29) is 36.0 Å². The van der Waals surface area contributed by atoms with E-state index < -0.39 is 17.5 Å². The quantitative estimate of drug-likeness (QED) is 0.236. The third kappa shape index (κ3) is 5.29. The molecular weight excluding hydrogens is 612 g/mol. The number of amides is 1. The number of anilines is 1. The average molecular weight is 644 g/mol. The van der Waals surface area contributed by atoms with Crippen LogP contribution in [0.15, 0.2) is 55.1 Å². The zero-order chi connectivity index (χ0) is 32.0. The van der Waals surface area contributed by atoms with Crippen molar-refractivity contribution in [2.75, 3.05) is 44.2 Å². The number of hydrogen-bond donors (Lipinski definition) is 0. The van der Waals surface area contributed by atoms with Crippen LogP contribution in [0.4, 0.5) is 14.6 Å². The van der Waals surface area contributed by atoms with Crippen LogP contribution in [0.5, 0.6) is 6.01 Å². The van der Waals surface area contributed by atoms with E-state index in [4.69, 9.17) is 31.3 Å². The van der Waals surface area contributed by atoms with Crippen LogP contribution in [0, 0.1) is 17.1 Å². The molecule has 0 unspecified atom stereocenters. The average Bonchev–Trinajstić information content (AvgIpc) is 3.60. The van der Waals surface area contributed by atoms with Crippen LogP contribution in [0.1, 0.15) is 25.7 Å². The topological polar surface area (TPSA) is 98.5 Å². The third-order valence-electron chi connectivity index (χ3n) is 9.53. The zero-order valence-corrected chi connectivity index (χ0v) is 25.9. The van der Waals surface area contributed by atoms with Gasteiger partial charge in [0, 0.05) is 43.5 Å². The molecule has 2 aromatic heterocycles. The SMILES string of the molecule is C=CC(=O)N1CCN(c2nc(OC[C@@]34CCCN3C[C@H](F)C4)nc3nc(-c4cccc5ccc(F)c(Cl)c45)ccc23)C[C@@H]1CC#N. The van der Waals surface area contributed by atoms with Gasteiger partial charge in [0.25, 0.3) is 0 Å². The van der Waals surface area contributed by atoms with Gasteiger partial charge in [-0.25, -0.2) is 13.8 Å². The minimum absolute atomic E-state index is 0.0148. The molecule has 3 saturated heterocycles. The van der Waals surface area contributed by atoms with Crippen molar-refractivity contribution in [3.8, 4) is 23.3 Å². The number of ether oxygens (including phenoxy) is 1. The van der Waals surface area contributed by atoms with Crippen LogP contribution >= 0.6 is 11.6 Å². The standard InChI is InChI=1S/C34H32ClF2N7O2/c1-2-28(45)44-16-15-42(19-23(44)11-13-38)32-25-8-10-27(24-6-3-5-21-7-9-26(37)30(35)29(21)24)39-31(25)40-33(41-32)46-20-34-12-4-14-43(34)18-22(36)17-34/h2-3,5-10,22-23H,1,4,11-12,14-20H2/t22-,23+,34+/m1/s1. The summed E-state index contributed by atoms with van der Waals surface area (Å²) < 4.78 is 35.3. The number of benzene rings is 2. The van der Waals surface area contributed by atoms with Crippen LogP contribution in [0.25, 0.3) is 33.1 Å². The molecule has 5 heterocycles. The van der Waals surface area contributed by atoms with E-state index in [1.807, 2.05) is 35.2 Å². The summed E-state index contributed by atoms with van der Waals surface area (Å²) in [6, 6.07) is 14.2. The highest BCUT2D eigenvalue weighted by atomic mass is 35.5. The lowest BCUT2D eigenvalue weighted by Crippen LogP contribution is -2.55. The maximum Gasteiger partial charge on any atom is 0.320 e. The summed E-state index contributed by atoms with van der Waals surface area (Å²) in [4.78, 5) is 32.9. The number of alkyl halides is 1. The molecule has 4 aromatic rings. The molecule has 0 aliphatic carbocycles. The zero-order valence-electron chi connectivity index (χ0n) is 25.1. The van der Waals surface area contributed by atoms with Gasteiger partial charge in [0.05, 0.1) is 40.2 Å². The van der Waals surface area contributed by atoms with E-state index >= 15 is 0 Å². The number of nitriles is 1. The van der Waals surface area contributed by atoms with Gasteiger partial charge in [-0.05, 0) is 49.0 Å². The predicted molar refractivity (Wildman–Crippen MR) is 172 cm³/mol. The van der Waals surface area contributed by atoms with Gasteiger partial charge in [-0.3, -0.25) is 9.69 Å². The highest BCUT2D eigenvalue weighted by Crippen LogP contribution is 2.41. The van der Waals surface area contributed by atoms with Crippen molar-refractivity contribution in [1.82, 2.24) is 24.8 Å². The first-order valence-corrected chi connectivity index (χ1v) is 15.8. The third-order valence-corrected chi connectivity index (χ3v) is 9.90. The van der Waals surface area contributed by atoms with E-state index in [0.29, 0.717) is 66.1 Å². The minimum atomic E-state index is -0.898. The summed E-state index contributed by atoms with van der Waals surface area (Å²) >= 11 is 6.45. The Hall–Kier alpha value is -4.40. The molecule has 3 atom stereocenters. The molecule has 7 rings (SSSR count). The van der Waals surface area contributed by atoms with E-state index in [2.05, 4.69) is 17.5 Å². The van der Waals surface area contributed by atoms with Gasteiger partial charge in [0.15, 0.2) is 5.65 Å². The van der Waals surface area contributed by atoms with Crippen molar-refractivity contribution >= 4 is 45.1 Å². The van der Waals surface area contributed by atoms with Crippen LogP contribution in [-0.4, -0.2) is 87.7 Å². The largest absolute Gasteiger partial charge is 0.461 e. The molecule has 0 saturated carbocycles. The van der Waals surface area contributed by atoms with Gasteiger partial charge in [-0.15, -0.1) is 0 Å². The van der Waals surface area contributed by atoms with Crippen molar-refractivity contribution in [1.29, 1.82) is 5.26 Å². The molecule has 3 fully saturated rings. The lowest BCUT2D eigenvalue weighted by Gasteiger charge is -2.41. The molecule has 0 spiro atoms.